The van der Waals surface area contributed by atoms with E-state index in [2.05, 4.69) is 48.3 Å². The average molecular weight is 353 g/mol. The van der Waals surface area contributed by atoms with Gasteiger partial charge in [0.25, 0.3) is 0 Å². The highest BCUT2D eigenvalue weighted by Crippen LogP contribution is 2.22. The normalized spacial score (nSPS) is 14.5. The Morgan fingerprint density at radius 1 is 1.04 bits per heavy atom. The number of rotatable bonds is 4. The van der Waals surface area contributed by atoms with Crippen LogP contribution in [0.1, 0.15) is 25.3 Å². The minimum Gasteiger partial charge on any atom is -0.497 e. The van der Waals surface area contributed by atoms with E-state index in [0.29, 0.717) is 19.0 Å². The first kappa shape index (κ1) is 18.1. The van der Waals surface area contributed by atoms with E-state index in [-0.39, 0.29) is 6.03 Å². The van der Waals surface area contributed by atoms with Crippen LogP contribution in [-0.2, 0) is 0 Å². The van der Waals surface area contributed by atoms with Gasteiger partial charge in [0.1, 0.15) is 5.75 Å². The molecule has 5 heteroatoms. The van der Waals surface area contributed by atoms with E-state index in [1.165, 1.54) is 11.3 Å². The van der Waals surface area contributed by atoms with Crippen molar-refractivity contribution in [2.75, 3.05) is 43.5 Å². The lowest BCUT2D eigenvalue weighted by molar-refractivity contribution is 0.208. The topological polar surface area (TPSA) is 44.8 Å². The Hall–Kier alpha value is -2.69. The number of nitrogens with one attached hydrogen (secondary N) is 1. The van der Waals surface area contributed by atoms with E-state index in [1.807, 2.05) is 29.2 Å². The number of hydrogen-bond acceptors (Lipinski definition) is 3. The summed E-state index contributed by atoms with van der Waals surface area (Å²) in [5.41, 5.74) is 3.33. The first-order valence-corrected chi connectivity index (χ1v) is 9.11. The molecule has 1 aliphatic rings. The molecule has 0 bridgehead atoms. The SMILES string of the molecule is COc1cccc(NC(=O)N2CCN(c3ccc(C(C)C)cc3)CC2)c1. The van der Waals surface area contributed by atoms with Crippen LogP contribution in [0.25, 0.3) is 0 Å². The minimum atomic E-state index is -0.0620. The van der Waals surface area contributed by atoms with Crippen LogP contribution in [0.5, 0.6) is 5.75 Å². The number of nitrogens with zero attached hydrogens (tertiary/aromatic N) is 2. The molecule has 138 valence electrons. The van der Waals surface area contributed by atoms with Crippen LogP contribution in [0, 0.1) is 0 Å². The summed E-state index contributed by atoms with van der Waals surface area (Å²) in [4.78, 5) is 16.7. The summed E-state index contributed by atoms with van der Waals surface area (Å²) in [7, 11) is 1.62. The lowest BCUT2D eigenvalue weighted by Gasteiger charge is -2.36. The molecular weight excluding hydrogens is 326 g/mol. The molecule has 0 unspecified atom stereocenters. The maximum Gasteiger partial charge on any atom is 0.321 e. The smallest absolute Gasteiger partial charge is 0.321 e. The van der Waals surface area contributed by atoms with E-state index in [0.717, 1.165) is 24.5 Å². The molecule has 0 radical (unpaired) electrons. The van der Waals surface area contributed by atoms with E-state index >= 15 is 0 Å². The van der Waals surface area contributed by atoms with Gasteiger partial charge in [-0.2, -0.15) is 0 Å². The Kier molecular flexibility index (Phi) is 5.66. The quantitative estimate of drug-likeness (QED) is 0.897. The summed E-state index contributed by atoms with van der Waals surface area (Å²) in [6, 6.07) is 16.1. The fraction of sp³-hybridized carbons (Fsp3) is 0.381. The van der Waals surface area contributed by atoms with Crippen LogP contribution in [0.4, 0.5) is 16.2 Å². The fourth-order valence-corrected chi connectivity index (χ4v) is 3.14. The molecule has 1 fully saturated rings. The molecule has 0 atom stereocenters. The van der Waals surface area contributed by atoms with Crippen LogP contribution in [0.3, 0.4) is 0 Å². The Morgan fingerprint density at radius 3 is 2.35 bits per heavy atom. The van der Waals surface area contributed by atoms with Gasteiger partial charge >= 0.3 is 6.03 Å². The zero-order valence-corrected chi connectivity index (χ0v) is 15.7. The summed E-state index contributed by atoms with van der Waals surface area (Å²) >= 11 is 0. The second-order valence-corrected chi connectivity index (χ2v) is 6.88. The molecule has 1 N–H and O–H groups in total. The van der Waals surface area contributed by atoms with Crippen molar-refractivity contribution in [1.82, 2.24) is 4.90 Å². The first-order chi connectivity index (χ1) is 12.6. The Labute approximate surface area is 155 Å². The predicted molar refractivity (Wildman–Crippen MR) is 106 cm³/mol. The summed E-state index contributed by atoms with van der Waals surface area (Å²) in [5.74, 6) is 1.28. The van der Waals surface area contributed by atoms with Crippen LogP contribution in [0.2, 0.25) is 0 Å². The molecule has 0 aromatic heterocycles. The number of methoxy groups -OCH3 is 1. The lowest BCUT2D eigenvalue weighted by Crippen LogP contribution is -2.50. The maximum absolute atomic E-state index is 12.5. The summed E-state index contributed by atoms with van der Waals surface area (Å²) in [5, 5.41) is 2.95. The van der Waals surface area contributed by atoms with E-state index in [9.17, 15) is 4.79 Å². The zero-order chi connectivity index (χ0) is 18.5. The number of piperazine rings is 1. The van der Waals surface area contributed by atoms with E-state index < -0.39 is 0 Å². The second-order valence-electron chi connectivity index (χ2n) is 6.88. The third-order valence-corrected chi connectivity index (χ3v) is 4.81. The molecule has 0 aliphatic carbocycles. The third kappa shape index (κ3) is 4.28. The standard InChI is InChI=1S/C21H27N3O2/c1-16(2)17-7-9-19(10-8-17)23-11-13-24(14-12-23)21(25)22-18-5-4-6-20(15-18)26-3/h4-10,15-16H,11-14H2,1-3H3,(H,22,25). The van der Waals surface area contributed by atoms with E-state index in [1.54, 1.807) is 7.11 Å². The predicted octanol–water partition coefficient (Wildman–Crippen LogP) is 4.17. The molecule has 3 rings (SSSR count). The van der Waals surface area contributed by atoms with Crippen molar-refractivity contribution in [3.05, 3.63) is 54.1 Å². The Morgan fingerprint density at radius 2 is 1.73 bits per heavy atom. The van der Waals surface area contributed by atoms with Crippen molar-refractivity contribution in [3.63, 3.8) is 0 Å². The van der Waals surface area contributed by atoms with Crippen molar-refractivity contribution in [2.24, 2.45) is 0 Å². The molecule has 1 saturated heterocycles. The number of carbonyl (C=O) groups is 1. The van der Waals surface area contributed by atoms with Crippen molar-refractivity contribution >= 4 is 17.4 Å². The molecule has 0 saturated carbocycles. The van der Waals surface area contributed by atoms with Crippen molar-refractivity contribution < 1.29 is 9.53 Å². The zero-order valence-electron chi connectivity index (χ0n) is 15.7. The van der Waals surface area contributed by atoms with Gasteiger partial charge in [-0.05, 0) is 35.7 Å². The fourth-order valence-electron chi connectivity index (χ4n) is 3.14. The van der Waals surface area contributed by atoms with Gasteiger partial charge in [0.05, 0.1) is 7.11 Å². The van der Waals surface area contributed by atoms with Gasteiger partial charge in [-0.3, -0.25) is 0 Å². The minimum absolute atomic E-state index is 0.0620. The largest absolute Gasteiger partial charge is 0.497 e. The van der Waals surface area contributed by atoms with Crippen LogP contribution in [-0.4, -0.2) is 44.2 Å². The number of amides is 2. The van der Waals surface area contributed by atoms with Crippen molar-refractivity contribution in [2.45, 2.75) is 19.8 Å². The molecule has 2 aromatic carbocycles. The second kappa shape index (κ2) is 8.13. The highest BCUT2D eigenvalue weighted by Gasteiger charge is 2.21. The van der Waals surface area contributed by atoms with Gasteiger partial charge in [-0.15, -0.1) is 0 Å². The number of ether oxygens (including phenoxy) is 1. The van der Waals surface area contributed by atoms with Gasteiger partial charge in [0.15, 0.2) is 0 Å². The van der Waals surface area contributed by atoms with E-state index in [4.69, 9.17) is 4.74 Å². The molecule has 0 spiro atoms. The van der Waals surface area contributed by atoms with Gasteiger partial charge in [0.2, 0.25) is 0 Å². The number of benzene rings is 2. The lowest BCUT2D eigenvalue weighted by atomic mass is 10.0. The number of carbonyl (C=O) groups excluding carboxylic acids is 1. The number of hydrogen-bond donors (Lipinski definition) is 1. The van der Waals surface area contributed by atoms with Crippen LogP contribution in [0.15, 0.2) is 48.5 Å². The third-order valence-electron chi connectivity index (χ3n) is 4.81. The first-order valence-electron chi connectivity index (χ1n) is 9.11. The van der Waals surface area contributed by atoms with Gasteiger partial charge in [0, 0.05) is 43.6 Å². The summed E-state index contributed by atoms with van der Waals surface area (Å²) < 4.78 is 5.20. The summed E-state index contributed by atoms with van der Waals surface area (Å²) in [6.45, 7) is 7.51. The molecule has 1 aliphatic heterocycles. The van der Waals surface area contributed by atoms with Gasteiger partial charge in [-0.25, -0.2) is 4.79 Å². The molecule has 2 amide bonds. The van der Waals surface area contributed by atoms with Crippen LogP contribution < -0.4 is 15.0 Å². The summed E-state index contributed by atoms with van der Waals surface area (Å²) in [6.07, 6.45) is 0. The molecule has 1 heterocycles. The number of urea groups is 1. The van der Waals surface area contributed by atoms with Gasteiger partial charge in [-0.1, -0.05) is 32.0 Å². The molecular formula is C21H27N3O2. The van der Waals surface area contributed by atoms with Crippen LogP contribution >= 0.6 is 0 Å². The molecule has 5 nitrogen and oxygen atoms in total. The Bertz CT molecular complexity index is 735. The highest BCUT2D eigenvalue weighted by atomic mass is 16.5. The Balaban J connectivity index is 1.55. The monoisotopic (exact) mass is 353 g/mol. The maximum atomic E-state index is 12.5. The van der Waals surface area contributed by atoms with Gasteiger partial charge < -0.3 is 19.9 Å². The number of anilines is 2. The molecule has 2 aromatic rings. The highest BCUT2D eigenvalue weighted by molar-refractivity contribution is 5.89. The molecule has 26 heavy (non-hydrogen) atoms. The van der Waals surface area contributed by atoms with Crippen molar-refractivity contribution in [3.8, 4) is 5.75 Å². The van der Waals surface area contributed by atoms with Crippen molar-refractivity contribution in [1.29, 1.82) is 0 Å². The average Bonchev–Trinajstić information content (AvgIpc) is 2.68.